The van der Waals surface area contributed by atoms with Crippen LogP contribution in [0.5, 0.6) is 11.5 Å². The van der Waals surface area contributed by atoms with Crippen molar-refractivity contribution in [1.29, 1.82) is 0 Å². The largest absolute Gasteiger partial charge is 0.486 e. The van der Waals surface area contributed by atoms with E-state index in [4.69, 9.17) is 14.6 Å². The van der Waals surface area contributed by atoms with Gasteiger partial charge in [0.05, 0.1) is 0 Å². The highest BCUT2D eigenvalue weighted by atomic mass is 16.6. The summed E-state index contributed by atoms with van der Waals surface area (Å²) < 4.78 is 11.1. The zero-order valence-corrected chi connectivity index (χ0v) is 11.2. The molecule has 104 valence electrons. The van der Waals surface area contributed by atoms with Gasteiger partial charge in [-0.15, -0.1) is 0 Å². The molecule has 1 atom stereocenters. The van der Waals surface area contributed by atoms with Crippen LogP contribution in [0, 0.1) is 6.92 Å². The van der Waals surface area contributed by atoms with E-state index in [-0.39, 0.29) is 0 Å². The van der Waals surface area contributed by atoms with E-state index in [0.29, 0.717) is 26.1 Å². The number of ether oxygens (including phenoxy) is 2. The standard InChI is InChI=1S/C14H19NO4/c1-9-7-12-13(19-6-5-18-12)8-10(9)3-4-11(15-2)14(16)17/h7-8,11,15H,3-6H2,1-2H3,(H,16,17). The lowest BCUT2D eigenvalue weighted by atomic mass is 10.00. The number of benzene rings is 1. The Morgan fingerprint density at radius 1 is 1.37 bits per heavy atom. The molecule has 0 aromatic heterocycles. The molecule has 1 aromatic carbocycles. The highest BCUT2D eigenvalue weighted by Crippen LogP contribution is 2.33. The topological polar surface area (TPSA) is 67.8 Å². The second-order valence-electron chi connectivity index (χ2n) is 4.64. The molecule has 0 radical (unpaired) electrons. The number of rotatable bonds is 5. The highest BCUT2D eigenvalue weighted by molar-refractivity contribution is 5.73. The van der Waals surface area contributed by atoms with Gasteiger partial charge in [0, 0.05) is 0 Å². The average molecular weight is 265 g/mol. The average Bonchev–Trinajstić information content (AvgIpc) is 2.39. The van der Waals surface area contributed by atoms with Crippen molar-refractivity contribution in [1.82, 2.24) is 5.32 Å². The molecule has 2 rings (SSSR count). The Bertz CT molecular complexity index is 473. The number of hydrogen-bond donors (Lipinski definition) is 2. The maximum Gasteiger partial charge on any atom is 0.320 e. The number of aliphatic carboxylic acids is 1. The normalized spacial score (nSPS) is 15.1. The molecule has 1 aliphatic heterocycles. The Hall–Kier alpha value is -1.75. The quantitative estimate of drug-likeness (QED) is 0.841. The van der Waals surface area contributed by atoms with Crippen molar-refractivity contribution in [2.45, 2.75) is 25.8 Å². The van der Waals surface area contributed by atoms with Gasteiger partial charge in [-0.25, -0.2) is 0 Å². The molecule has 19 heavy (non-hydrogen) atoms. The zero-order chi connectivity index (χ0) is 13.8. The Morgan fingerprint density at radius 2 is 2.00 bits per heavy atom. The molecular formula is C14H19NO4. The Balaban J connectivity index is 2.10. The van der Waals surface area contributed by atoms with Gasteiger partial charge in [-0.3, -0.25) is 4.79 Å². The van der Waals surface area contributed by atoms with Crippen molar-refractivity contribution in [3.05, 3.63) is 23.3 Å². The highest BCUT2D eigenvalue weighted by Gasteiger charge is 2.17. The third kappa shape index (κ3) is 3.17. The van der Waals surface area contributed by atoms with Gasteiger partial charge >= 0.3 is 5.97 Å². The predicted molar refractivity (Wildman–Crippen MR) is 71.0 cm³/mol. The maximum atomic E-state index is 11.0. The first-order valence-electron chi connectivity index (χ1n) is 6.41. The van der Waals surface area contributed by atoms with E-state index in [1.807, 2.05) is 19.1 Å². The number of carbonyl (C=O) groups is 1. The molecule has 5 heteroatoms. The summed E-state index contributed by atoms with van der Waals surface area (Å²) in [5, 5.41) is 11.8. The second-order valence-corrected chi connectivity index (χ2v) is 4.64. The van der Waals surface area contributed by atoms with E-state index in [0.717, 1.165) is 22.6 Å². The molecular weight excluding hydrogens is 246 g/mol. The summed E-state index contributed by atoms with van der Waals surface area (Å²) in [7, 11) is 1.66. The van der Waals surface area contributed by atoms with Crippen LogP contribution in [0.4, 0.5) is 0 Å². The molecule has 1 heterocycles. The van der Waals surface area contributed by atoms with Gasteiger partial charge in [-0.1, -0.05) is 0 Å². The number of nitrogens with one attached hydrogen (secondary N) is 1. The molecule has 0 saturated carbocycles. The Labute approximate surface area is 112 Å². The number of carboxylic acids is 1. The lowest BCUT2D eigenvalue weighted by Crippen LogP contribution is -2.34. The van der Waals surface area contributed by atoms with Gasteiger partial charge in [-0.2, -0.15) is 0 Å². The third-order valence-corrected chi connectivity index (χ3v) is 3.35. The Morgan fingerprint density at radius 3 is 2.58 bits per heavy atom. The fraction of sp³-hybridized carbons (Fsp3) is 0.500. The van der Waals surface area contributed by atoms with Gasteiger partial charge in [-0.05, 0) is 50.1 Å². The van der Waals surface area contributed by atoms with Crippen LogP contribution < -0.4 is 14.8 Å². The van der Waals surface area contributed by atoms with Crippen LogP contribution >= 0.6 is 0 Å². The first-order chi connectivity index (χ1) is 9.11. The lowest BCUT2D eigenvalue weighted by molar-refractivity contribution is -0.139. The Kier molecular flexibility index (Phi) is 4.27. The molecule has 0 bridgehead atoms. The van der Waals surface area contributed by atoms with Crippen LogP contribution in [0.1, 0.15) is 17.5 Å². The monoisotopic (exact) mass is 265 g/mol. The van der Waals surface area contributed by atoms with E-state index < -0.39 is 12.0 Å². The van der Waals surface area contributed by atoms with Crippen molar-refractivity contribution in [3.8, 4) is 11.5 Å². The molecule has 1 aromatic rings. The molecule has 0 aliphatic carbocycles. The minimum absolute atomic E-state index is 0.521. The minimum atomic E-state index is -0.822. The van der Waals surface area contributed by atoms with Crippen molar-refractivity contribution in [3.63, 3.8) is 0 Å². The van der Waals surface area contributed by atoms with Crippen molar-refractivity contribution < 1.29 is 19.4 Å². The van der Waals surface area contributed by atoms with Crippen LogP contribution in [-0.2, 0) is 11.2 Å². The predicted octanol–water partition coefficient (Wildman–Crippen LogP) is 1.37. The van der Waals surface area contributed by atoms with E-state index in [1.165, 1.54) is 0 Å². The summed E-state index contributed by atoms with van der Waals surface area (Å²) in [6, 6.07) is 3.39. The zero-order valence-electron chi connectivity index (χ0n) is 11.2. The number of likely N-dealkylation sites (N-methyl/N-ethyl adjacent to an activating group) is 1. The van der Waals surface area contributed by atoms with Gasteiger partial charge in [0.2, 0.25) is 0 Å². The molecule has 0 spiro atoms. The van der Waals surface area contributed by atoms with Crippen LogP contribution in [-0.4, -0.2) is 37.4 Å². The third-order valence-electron chi connectivity index (χ3n) is 3.35. The summed E-state index contributed by atoms with van der Waals surface area (Å²) in [6.45, 7) is 3.14. The van der Waals surface area contributed by atoms with Gasteiger partial charge in [0.25, 0.3) is 0 Å². The maximum absolute atomic E-state index is 11.0. The lowest BCUT2D eigenvalue weighted by Gasteiger charge is -2.20. The van der Waals surface area contributed by atoms with Crippen LogP contribution in [0.3, 0.4) is 0 Å². The van der Waals surface area contributed by atoms with E-state index in [2.05, 4.69) is 5.32 Å². The summed E-state index contributed by atoms with van der Waals surface area (Å²) >= 11 is 0. The SMILES string of the molecule is CNC(CCc1cc2c(cc1C)OCCO2)C(=O)O. The van der Waals surface area contributed by atoms with Gasteiger partial charge in [0.1, 0.15) is 19.3 Å². The molecule has 0 fully saturated rings. The first-order valence-corrected chi connectivity index (χ1v) is 6.41. The number of carboxylic acid groups (broad SMARTS) is 1. The van der Waals surface area contributed by atoms with Crippen LogP contribution in [0.25, 0.3) is 0 Å². The molecule has 0 amide bonds. The molecule has 2 N–H and O–H groups in total. The first kappa shape index (κ1) is 13.7. The summed E-state index contributed by atoms with van der Waals surface area (Å²) in [4.78, 5) is 11.0. The number of fused-ring (bicyclic) bond motifs is 1. The molecule has 1 aliphatic rings. The number of aryl methyl sites for hydroxylation is 2. The summed E-state index contributed by atoms with van der Waals surface area (Å²) in [6.07, 6.45) is 1.24. The fourth-order valence-corrected chi connectivity index (χ4v) is 2.19. The minimum Gasteiger partial charge on any atom is -0.486 e. The van der Waals surface area contributed by atoms with E-state index in [9.17, 15) is 4.79 Å². The number of hydrogen-bond acceptors (Lipinski definition) is 4. The molecule has 5 nitrogen and oxygen atoms in total. The summed E-state index contributed by atoms with van der Waals surface area (Å²) in [5.41, 5.74) is 2.20. The fourth-order valence-electron chi connectivity index (χ4n) is 2.19. The van der Waals surface area contributed by atoms with E-state index in [1.54, 1.807) is 7.05 Å². The second kappa shape index (κ2) is 5.93. The van der Waals surface area contributed by atoms with Crippen LogP contribution in [0.2, 0.25) is 0 Å². The summed E-state index contributed by atoms with van der Waals surface area (Å²) in [5.74, 6) is 0.705. The van der Waals surface area contributed by atoms with E-state index >= 15 is 0 Å². The van der Waals surface area contributed by atoms with Crippen molar-refractivity contribution in [2.24, 2.45) is 0 Å². The van der Waals surface area contributed by atoms with Gasteiger partial charge in [0.15, 0.2) is 11.5 Å². The molecule has 1 unspecified atom stereocenters. The van der Waals surface area contributed by atoms with Crippen molar-refractivity contribution in [2.75, 3.05) is 20.3 Å². The van der Waals surface area contributed by atoms with Crippen molar-refractivity contribution >= 4 is 5.97 Å². The molecule has 0 saturated heterocycles. The van der Waals surface area contributed by atoms with Crippen LogP contribution in [0.15, 0.2) is 12.1 Å². The smallest absolute Gasteiger partial charge is 0.320 e. The van der Waals surface area contributed by atoms with Gasteiger partial charge < -0.3 is 19.9 Å².